The smallest absolute Gasteiger partial charge is 0.242 e. The summed E-state index contributed by atoms with van der Waals surface area (Å²) in [7, 11) is -3.38. The summed E-state index contributed by atoms with van der Waals surface area (Å²) in [5, 5.41) is 0.137. The van der Waals surface area contributed by atoms with Gasteiger partial charge in [0.05, 0.1) is 0 Å². The Morgan fingerprint density at radius 1 is 1.19 bits per heavy atom. The summed E-state index contributed by atoms with van der Waals surface area (Å²) in [6, 6.07) is 3.23. The van der Waals surface area contributed by atoms with E-state index < -0.39 is 10.0 Å². The number of hydrogen-bond donors (Lipinski definition) is 0. The number of piperidine rings is 1. The minimum atomic E-state index is -3.38. The Morgan fingerprint density at radius 2 is 1.88 bits per heavy atom. The van der Waals surface area contributed by atoms with Crippen molar-refractivity contribution >= 4 is 26.0 Å². The fourth-order valence-corrected chi connectivity index (χ4v) is 3.42. The van der Waals surface area contributed by atoms with Crippen LogP contribution in [-0.2, 0) is 10.0 Å². The fraction of sp³-hybridized carbons (Fsp3) is 0.500. The third-order valence-corrected chi connectivity index (χ3v) is 4.90. The van der Waals surface area contributed by atoms with Crippen molar-refractivity contribution in [1.82, 2.24) is 9.29 Å². The lowest BCUT2D eigenvalue weighted by molar-refractivity contribution is 0.345. The van der Waals surface area contributed by atoms with Gasteiger partial charge in [-0.3, -0.25) is 0 Å². The molecule has 0 N–H and O–H groups in total. The van der Waals surface area contributed by atoms with Crippen LogP contribution in [0.25, 0.3) is 0 Å². The third-order valence-electron chi connectivity index (χ3n) is 2.62. The molecule has 0 bridgehead atoms. The molecule has 0 amide bonds. The van der Waals surface area contributed by atoms with Crippen molar-refractivity contribution in [2.75, 3.05) is 13.1 Å². The molecular formula is C10H13BrN2O2S. The number of aromatic nitrogens is 1. The summed E-state index contributed by atoms with van der Waals surface area (Å²) in [5.74, 6) is 0. The number of hydrogen-bond acceptors (Lipinski definition) is 3. The maximum Gasteiger partial charge on any atom is 0.260 e. The number of pyridine rings is 1. The molecule has 2 rings (SSSR count). The summed E-state index contributed by atoms with van der Waals surface area (Å²) in [4.78, 5) is 3.95. The first kappa shape index (κ1) is 12.0. The average Bonchev–Trinajstić information content (AvgIpc) is 2.31. The second-order valence-electron chi connectivity index (χ2n) is 3.78. The second kappa shape index (κ2) is 4.81. The van der Waals surface area contributed by atoms with E-state index in [1.165, 1.54) is 16.6 Å². The lowest BCUT2D eigenvalue weighted by Gasteiger charge is -2.25. The molecule has 0 atom stereocenters. The van der Waals surface area contributed by atoms with E-state index in [1.54, 1.807) is 6.07 Å². The van der Waals surface area contributed by atoms with Crippen LogP contribution in [-0.4, -0.2) is 30.8 Å². The van der Waals surface area contributed by atoms with E-state index in [9.17, 15) is 8.42 Å². The molecule has 0 spiro atoms. The lowest BCUT2D eigenvalue weighted by Crippen LogP contribution is -2.35. The van der Waals surface area contributed by atoms with Crippen LogP contribution in [0.3, 0.4) is 0 Å². The van der Waals surface area contributed by atoms with Gasteiger partial charge in [-0.2, -0.15) is 4.31 Å². The highest BCUT2D eigenvalue weighted by molar-refractivity contribution is 9.10. The second-order valence-corrected chi connectivity index (χ2v) is 6.58. The quantitative estimate of drug-likeness (QED) is 0.840. The van der Waals surface area contributed by atoms with Gasteiger partial charge in [0.2, 0.25) is 0 Å². The Hall–Kier alpha value is -0.460. The van der Waals surface area contributed by atoms with Gasteiger partial charge in [-0.05, 0) is 40.9 Å². The molecule has 1 aliphatic heterocycles. The van der Waals surface area contributed by atoms with E-state index in [0.29, 0.717) is 13.1 Å². The van der Waals surface area contributed by atoms with Crippen LogP contribution in [0, 0.1) is 0 Å². The van der Waals surface area contributed by atoms with E-state index in [4.69, 9.17) is 0 Å². The van der Waals surface area contributed by atoms with Gasteiger partial charge in [0, 0.05) is 23.8 Å². The molecule has 0 unspecified atom stereocenters. The Labute approximate surface area is 104 Å². The van der Waals surface area contributed by atoms with Gasteiger partial charge in [-0.15, -0.1) is 0 Å². The third kappa shape index (κ3) is 2.44. The zero-order valence-electron chi connectivity index (χ0n) is 8.76. The van der Waals surface area contributed by atoms with Gasteiger partial charge in [0.25, 0.3) is 10.0 Å². The molecule has 1 aromatic rings. The van der Waals surface area contributed by atoms with Gasteiger partial charge in [0.1, 0.15) is 0 Å². The van der Waals surface area contributed by atoms with E-state index >= 15 is 0 Å². The normalized spacial score (nSPS) is 18.6. The maximum atomic E-state index is 12.1. The molecule has 6 heteroatoms. The first-order valence-electron chi connectivity index (χ1n) is 5.22. The number of halogens is 1. The molecule has 0 aromatic carbocycles. The van der Waals surface area contributed by atoms with Crippen LogP contribution >= 0.6 is 15.9 Å². The molecular weight excluding hydrogens is 292 g/mol. The zero-order chi connectivity index (χ0) is 11.6. The summed E-state index contributed by atoms with van der Waals surface area (Å²) in [5.41, 5.74) is 0. The molecule has 0 aliphatic carbocycles. The maximum absolute atomic E-state index is 12.1. The summed E-state index contributed by atoms with van der Waals surface area (Å²) in [6.07, 6.45) is 4.50. The molecule has 1 aromatic heterocycles. The van der Waals surface area contributed by atoms with Crippen LogP contribution in [0.2, 0.25) is 0 Å². The molecule has 16 heavy (non-hydrogen) atoms. The predicted octanol–water partition coefficient (Wildman–Crippen LogP) is 2.02. The topological polar surface area (TPSA) is 50.3 Å². The van der Waals surface area contributed by atoms with Crippen molar-refractivity contribution < 1.29 is 8.42 Å². The molecule has 1 saturated heterocycles. The monoisotopic (exact) mass is 304 g/mol. The first-order valence-corrected chi connectivity index (χ1v) is 7.46. The number of sulfonamides is 1. The largest absolute Gasteiger partial charge is 0.260 e. The van der Waals surface area contributed by atoms with Crippen LogP contribution in [0.15, 0.2) is 27.8 Å². The van der Waals surface area contributed by atoms with Gasteiger partial charge >= 0.3 is 0 Å². The number of rotatable bonds is 2. The van der Waals surface area contributed by atoms with Crippen LogP contribution in [0.1, 0.15) is 19.3 Å². The summed E-state index contributed by atoms with van der Waals surface area (Å²) in [6.45, 7) is 1.22. The summed E-state index contributed by atoms with van der Waals surface area (Å²) < 4.78 is 26.6. The fourth-order valence-electron chi connectivity index (χ4n) is 1.75. The SMILES string of the molecule is O=S(=O)(c1ccc(Br)cn1)N1CCCCC1. The van der Waals surface area contributed by atoms with Crippen LogP contribution < -0.4 is 0 Å². The Morgan fingerprint density at radius 3 is 2.44 bits per heavy atom. The van der Waals surface area contributed by atoms with Crippen molar-refractivity contribution in [3.05, 3.63) is 22.8 Å². The van der Waals surface area contributed by atoms with Crippen molar-refractivity contribution in [2.24, 2.45) is 0 Å². The van der Waals surface area contributed by atoms with E-state index in [1.807, 2.05) is 0 Å². The first-order chi connectivity index (χ1) is 7.60. The molecule has 0 radical (unpaired) electrons. The molecule has 1 fully saturated rings. The van der Waals surface area contributed by atoms with Crippen molar-refractivity contribution in [2.45, 2.75) is 24.3 Å². The molecule has 0 saturated carbocycles. The molecule has 88 valence electrons. The van der Waals surface area contributed by atoms with E-state index in [0.717, 1.165) is 23.7 Å². The van der Waals surface area contributed by atoms with Crippen molar-refractivity contribution in [3.8, 4) is 0 Å². The minimum Gasteiger partial charge on any atom is -0.242 e. The average molecular weight is 305 g/mol. The van der Waals surface area contributed by atoms with Gasteiger partial charge in [0.15, 0.2) is 5.03 Å². The highest BCUT2D eigenvalue weighted by atomic mass is 79.9. The molecule has 1 aliphatic rings. The highest BCUT2D eigenvalue weighted by Gasteiger charge is 2.26. The van der Waals surface area contributed by atoms with Gasteiger partial charge < -0.3 is 0 Å². The van der Waals surface area contributed by atoms with Gasteiger partial charge in [-0.25, -0.2) is 13.4 Å². The predicted molar refractivity (Wildman–Crippen MR) is 64.5 cm³/mol. The number of nitrogens with zero attached hydrogens (tertiary/aromatic N) is 2. The highest BCUT2D eigenvalue weighted by Crippen LogP contribution is 2.19. The Bertz CT molecular complexity index is 452. The molecule has 4 nitrogen and oxygen atoms in total. The van der Waals surface area contributed by atoms with Crippen molar-refractivity contribution in [1.29, 1.82) is 0 Å². The van der Waals surface area contributed by atoms with Gasteiger partial charge in [-0.1, -0.05) is 6.42 Å². The standard InChI is InChI=1S/C10H13BrN2O2S/c11-9-4-5-10(12-8-9)16(14,15)13-6-2-1-3-7-13/h4-5,8H,1-3,6-7H2. The van der Waals surface area contributed by atoms with Crippen molar-refractivity contribution in [3.63, 3.8) is 0 Å². The molecule has 2 heterocycles. The Balaban J connectivity index is 2.27. The zero-order valence-corrected chi connectivity index (χ0v) is 11.2. The Kier molecular flexibility index (Phi) is 3.61. The van der Waals surface area contributed by atoms with Crippen LogP contribution in [0.4, 0.5) is 0 Å². The van der Waals surface area contributed by atoms with Crippen LogP contribution in [0.5, 0.6) is 0 Å². The minimum absolute atomic E-state index is 0.137. The summed E-state index contributed by atoms with van der Waals surface area (Å²) >= 11 is 3.24. The van der Waals surface area contributed by atoms with E-state index in [2.05, 4.69) is 20.9 Å². The van der Waals surface area contributed by atoms with E-state index in [-0.39, 0.29) is 5.03 Å². The lowest BCUT2D eigenvalue weighted by atomic mass is 10.2.